The number of amides is 1. The van der Waals surface area contributed by atoms with E-state index >= 15 is 0 Å². The quantitative estimate of drug-likeness (QED) is 0.587. The van der Waals surface area contributed by atoms with Crippen molar-refractivity contribution in [1.82, 2.24) is 9.88 Å². The first-order valence-corrected chi connectivity index (χ1v) is 8.38. The number of aromatic nitrogens is 1. The Morgan fingerprint density at radius 3 is 2.62 bits per heavy atom. The highest BCUT2D eigenvalue weighted by atomic mass is 16.5. The first-order chi connectivity index (χ1) is 11.3. The summed E-state index contributed by atoms with van der Waals surface area (Å²) in [4.78, 5) is 12.2. The van der Waals surface area contributed by atoms with Crippen LogP contribution < -0.4 is 5.32 Å². The first kappa shape index (κ1) is 20.0. The highest BCUT2D eigenvalue weighted by Gasteiger charge is 2.14. The van der Waals surface area contributed by atoms with Crippen LogP contribution in [0.2, 0.25) is 0 Å². The van der Waals surface area contributed by atoms with Gasteiger partial charge in [-0.2, -0.15) is 5.26 Å². The molecule has 0 radical (unpaired) electrons. The van der Waals surface area contributed by atoms with Crippen molar-refractivity contribution in [2.45, 2.75) is 53.6 Å². The zero-order valence-corrected chi connectivity index (χ0v) is 15.6. The van der Waals surface area contributed by atoms with Gasteiger partial charge in [-0.3, -0.25) is 4.79 Å². The van der Waals surface area contributed by atoms with E-state index in [9.17, 15) is 10.1 Å². The Labute approximate surface area is 145 Å². The minimum Gasteiger partial charge on any atom is -0.383 e. The molecule has 0 aromatic carbocycles. The largest absolute Gasteiger partial charge is 0.383 e. The zero-order valence-electron chi connectivity index (χ0n) is 15.6. The molecule has 0 aliphatic carbocycles. The second kappa shape index (κ2) is 9.29. The Balaban J connectivity index is 2.99. The molecular formula is C19H29N3O2. The molecule has 1 unspecified atom stereocenters. The first-order valence-electron chi connectivity index (χ1n) is 8.38. The SMILES string of the molecule is COCC(C)NC(=O)/C(C#N)=C/c1cc(C)n(CCC(C)C)c1C. The monoisotopic (exact) mass is 331 g/mol. The van der Waals surface area contributed by atoms with E-state index in [1.165, 1.54) is 0 Å². The molecule has 0 saturated carbocycles. The molecule has 0 aliphatic heterocycles. The number of hydrogen-bond acceptors (Lipinski definition) is 3. The number of ether oxygens (including phenoxy) is 1. The summed E-state index contributed by atoms with van der Waals surface area (Å²) in [6.45, 7) is 11.7. The molecule has 5 heteroatoms. The van der Waals surface area contributed by atoms with Crippen molar-refractivity contribution in [2.24, 2.45) is 5.92 Å². The van der Waals surface area contributed by atoms with Gasteiger partial charge in [-0.1, -0.05) is 13.8 Å². The van der Waals surface area contributed by atoms with E-state index in [0.29, 0.717) is 12.5 Å². The number of aryl methyl sites for hydroxylation is 1. The maximum Gasteiger partial charge on any atom is 0.262 e. The van der Waals surface area contributed by atoms with Gasteiger partial charge in [0.05, 0.1) is 6.61 Å². The molecule has 1 atom stereocenters. The van der Waals surface area contributed by atoms with Gasteiger partial charge in [-0.25, -0.2) is 0 Å². The van der Waals surface area contributed by atoms with Crippen LogP contribution >= 0.6 is 0 Å². The van der Waals surface area contributed by atoms with Crippen LogP contribution in [-0.2, 0) is 16.1 Å². The highest BCUT2D eigenvalue weighted by molar-refractivity contribution is 6.01. The van der Waals surface area contributed by atoms with E-state index in [4.69, 9.17) is 4.74 Å². The molecule has 1 amide bonds. The summed E-state index contributed by atoms with van der Waals surface area (Å²) in [5.74, 6) is 0.266. The molecule has 0 fully saturated rings. The standard InChI is InChI=1S/C19H29N3O2/c1-13(2)7-8-22-15(4)9-17(16(22)5)10-18(11-20)19(23)21-14(3)12-24-6/h9-10,13-14H,7-8,12H2,1-6H3,(H,21,23)/b18-10+. The van der Waals surface area contributed by atoms with E-state index < -0.39 is 0 Å². The van der Waals surface area contributed by atoms with Crippen molar-refractivity contribution in [3.05, 3.63) is 28.6 Å². The molecule has 1 rings (SSSR count). The molecule has 1 aromatic rings. The van der Waals surface area contributed by atoms with Crippen LogP contribution in [-0.4, -0.2) is 30.2 Å². The van der Waals surface area contributed by atoms with Gasteiger partial charge in [-0.05, 0) is 50.8 Å². The van der Waals surface area contributed by atoms with Crippen LogP contribution in [0.15, 0.2) is 11.6 Å². The molecule has 1 heterocycles. The van der Waals surface area contributed by atoms with Crippen LogP contribution in [0.1, 0.15) is 44.1 Å². The van der Waals surface area contributed by atoms with Crippen molar-refractivity contribution in [1.29, 1.82) is 5.26 Å². The maximum atomic E-state index is 12.2. The van der Waals surface area contributed by atoms with Crippen LogP contribution in [0.25, 0.3) is 6.08 Å². The summed E-state index contributed by atoms with van der Waals surface area (Å²) in [6, 6.07) is 3.89. The Morgan fingerprint density at radius 2 is 2.08 bits per heavy atom. The summed E-state index contributed by atoms with van der Waals surface area (Å²) >= 11 is 0. The minimum absolute atomic E-state index is 0.113. The van der Waals surface area contributed by atoms with E-state index in [1.807, 2.05) is 26.0 Å². The molecule has 0 saturated heterocycles. The number of rotatable bonds is 8. The third kappa shape index (κ3) is 5.54. The lowest BCUT2D eigenvalue weighted by atomic mass is 10.1. The van der Waals surface area contributed by atoms with Crippen LogP contribution in [0.3, 0.4) is 0 Å². The average Bonchev–Trinajstić information content (AvgIpc) is 2.76. The maximum absolute atomic E-state index is 12.2. The summed E-state index contributed by atoms with van der Waals surface area (Å²) in [7, 11) is 1.58. The van der Waals surface area contributed by atoms with Crippen molar-refractivity contribution < 1.29 is 9.53 Å². The fraction of sp³-hybridized carbons (Fsp3) is 0.579. The molecule has 0 bridgehead atoms. The van der Waals surface area contributed by atoms with Crippen molar-refractivity contribution in [2.75, 3.05) is 13.7 Å². The van der Waals surface area contributed by atoms with Gasteiger partial charge in [0, 0.05) is 31.1 Å². The second-order valence-electron chi connectivity index (χ2n) is 6.66. The van der Waals surface area contributed by atoms with Gasteiger partial charge in [0.2, 0.25) is 0 Å². The number of methoxy groups -OCH3 is 1. The molecule has 24 heavy (non-hydrogen) atoms. The highest BCUT2D eigenvalue weighted by Crippen LogP contribution is 2.19. The Hall–Kier alpha value is -2.06. The van der Waals surface area contributed by atoms with Gasteiger partial charge in [0.15, 0.2) is 0 Å². The third-order valence-electron chi connectivity index (χ3n) is 4.00. The molecule has 0 aliphatic rings. The summed E-state index contributed by atoms with van der Waals surface area (Å²) < 4.78 is 7.24. The predicted molar refractivity (Wildman–Crippen MR) is 96.4 cm³/mol. The zero-order chi connectivity index (χ0) is 18.3. The number of nitriles is 1. The van der Waals surface area contributed by atoms with Gasteiger partial charge >= 0.3 is 0 Å². The molecule has 0 spiro atoms. The Bertz CT molecular complexity index is 636. The molecule has 132 valence electrons. The van der Waals surface area contributed by atoms with Crippen LogP contribution in [0.4, 0.5) is 0 Å². The van der Waals surface area contributed by atoms with E-state index in [1.54, 1.807) is 13.2 Å². The summed E-state index contributed by atoms with van der Waals surface area (Å²) in [5.41, 5.74) is 3.26. The van der Waals surface area contributed by atoms with Gasteiger partial charge in [-0.15, -0.1) is 0 Å². The summed E-state index contributed by atoms with van der Waals surface area (Å²) in [6.07, 6.45) is 2.77. The number of nitrogens with zero attached hydrogens (tertiary/aromatic N) is 2. The van der Waals surface area contributed by atoms with Gasteiger partial charge in [0.1, 0.15) is 11.6 Å². The molecular weight excluding hydrogens is 302 g/mol. The topological polar surface area (TPSA) is 67.0 Å². The third-order valence-corrected chi connectivity index (χ3v) is 4.00. The van der Waals surface area contributed by atoms with Crippen molar-refractivity contribution in [3.8, 4) is 6.07 Å². The molecule has 5 nitrogen and oxygen atoms in total. The molecule has 1 aromatic heterocycles. The fourth-order valence-electron chi connectivity index (χ4n) is 2.60. The molecule has 1 N–H and O–H groups in total. The number of hydrogen-bond donors (Lipinski definition) is 1. The predicted octanol–water partition coefficient (Wildman–Crippen LogP) is 3.21. The lowest BCUT2D eigenvalue weighted by molar-refractivity contribution is -0.117. The fourth-order valence-corrected chi connectivity index (χ4v) is 2.60. The van der Waals surface area contributed by atoms with Crippen molar-refractivity contribution >= 4 is 12.0 Å². The average molecular weight is 331 g/mol. The van der Waals surface area contributed by atoms with Gasteiger partial charge < -0.3 is 14.6 Å². The van der Waals surface area contributed by atoms with Crippen LogP contribution in [0, 0.1) is 31.1 Å². The lowest BCUT2D eigenvalue weighted by Crippen LogP contribution is -2.36. The summed E-state index contributed by atoms with van der Waals surface area (Å²) in [5, 5.41) is 12.1. The Kier molecular flexibility index (Phi) is 7.73. The number of nitrogens with one attached hydrogen (secondary N) is 1. The minimum atomic E-state index is -0.367. The van der Waals surface area contributed by atoms with Crippen LogP contribution in [0.5, 0.6) is 0 Å². The normalized spacial score (nSPS) is 13.0. The lowest BCUT2D eigenvalue weighted by Gasteiger charge is -2.12. The second-order valence-corrected chi connectivity index (χ2v) is 6.66. The van der Waals surface area contributed by atoms with E-state index in [-0.39, 0.29) is 17.5 Å². The van der Waals surface area contributed by atoms with E-state index in [2.05, 4.69) is 30.7 Å². The van der Waals surface area contributed by atoms with Crippen molar-refractivity contribution in [3.63, 3.8) is 0 Å². The smallest absolute Gasteiger partial charge is 0.262 e. The van der Waals surface area contributed by atoms with Gasteiger partial charge in [0.25, 0.3) is 5.91 Å². The Morgan fingerprint density at radius 1 is 1.42 bits per heavy atom. The van der Waals surface area contributed by atoms with E-state index in [0.717, 1.165) is 29.9 Å². The number of carbonyl (C=O) groups is 1. The number of carbonyl (C=O) groups excluding carboxylic acids is 1.